The molecular weight excluding hydrogens is 242 g/mol. The maximum Gasteiger partial charge on any atom is 0.231 e. The lowest BCUT2D eigenvalue weighted by atomic mass is 9.95. The van der Waals surface area contributed by atoms with Crippen LogP contribution in [0.1, 0.15) is 64.6 Å². The molecule has 5 heteroatoms. The molecule has 0 bridgehead atoms. The molecule has 2 heterocycles. The zero-order valence-electron chi connectivity index (χ0n) is 12.4. The number of likely N-dealkylation sites (N-methyl/N-ethyl adjacent to an activating group) is 1. The van der Waals surface area contributed by atoms with E-state index in [-0.39, 0.29) is 11.5 Å². The standard InChI is InChI=1S/C14H25N3O2/c1-5-15-11(3)10(2)12-16-13(17-19-12)14(4)8-6-7-9-18-14/h10-11,15H,5-9H2,1-4H3. The van der Waals surface area contributed by atoms with Crippen LogP contribution in [0.5, 0.6) is 0 Å². The molecule has 5 nitrogen and oxygen atoms in total. The van der Waals surface area contributed by atoms with Gasteiger partial charge < -0.3 is 14.6 Å². The minimum Gasteiger partial charge on any atom is -0.367 e. The molecule has 0 aliphatic carbocycles. The summed E-state index contributed by atoms with van der Waals surface area (Å²) in [5.74, 6) is 1.59. The summed E-state index contributed by atoms with van der Waals surface area (Å²) in [6, 6.07) is 0.318. The highest BCUT2D eigenvalue weighted by molar-refractivity contribution is 5.04. The fraction of sp³-hybridized carbons (Fsp3) is 0.857. The summed E-state index contributed by atoms with van der Waals surface area (Å²) in [6.45, 7) is 10.1. The quantitative estimate of drug-likeness (QED) is 0.888. The van der Waals surface area contributed by atoms with Gasteiger partial charge in [0.25, 0.3) is 0 Å². The maximum absolute atomic E-state index is 5.85. The van der Waals surface area contributed by atoms with Gasteiger partial charge in [-0.25, -0.2) is 0 Å². The van der Waals surface area contributed by atoms with Crippen molar-refractivity contribution in [2.75, 3.05) is 13.2 Å². The van der Waals surface area contributed by atoms with Crippen molar-refractivity contribution >= 4 is 0 Å². The van der Waals surface area contributed by atoms with Crippen molar-refractivity contribution in [3.63, 3.8) is 0 Å². The Morgan fingerprint density at radius 1 is 1.37 bits per heavy atom. The number of ether oxygens (including phenoxy) is 1. The van der Waals surface area contributed by atoms with Crippen molar-refractivity contribution in [2.45, 2.75) is 64.5 Å². The predicted octanol–water partition coefficient (Wildman–Crippen LogP) is 2.59. The minimum absolute atomic E-state index is 0.202. The van der Waals surface area contributed by atoms with Gasteiger partial charge in [-0.2, -0.15) is 4.98 Å². The second kappa shape index (κ2) is 6.01. The van der Waals surface area contributed by atoms with Crippen LogP contribution in [-0.2, 0) is 10.3 Å². The average Bonchev–Trinajstić information content (AvgIpc) is 2.89. The second-order valence-electron chi connectivity index (χ2n) is 5.63. The van der Waals surface area contributed by atoms with Crippen LogP contribution in [-0.4, -0.2) is 29.3 Å². The van der Waals surface area contributed by atoms with Crippen molar-refractivity contribution in [3.8, 4) is 0 Å². The van der Waals surface area contributed by atoms with Gasteiger partial charge in [0.05, 0.1) is 5.92 Å². The Kier molecular flexibility index (Phi) is 4.58. The molecule has 108 valence electrons. The summed E-state index contributed by atoms with van der Waals surface area (Å²) in [5, 5.41) is 7.52. The van der Waals surface area contributed by atoms with Gasteiger partial charge in [-0.3, -0.25) is 0 Å². The van der Waals surface area contributed by atoms with Crippen LogP contribution < -0.4 is 5.32 Å². The maximum atomic E-state index is 5.85. The van der Waals surface area contributed by atoms with Gasteiger partial charge in [0, 0.05) is 12.6 Å². The Labute approximate surface area is 115 Å². The number of hydrogen-bond acceptors (Lipinski definition) is 5. The Morgan fingerprint density at radius 3 is 2.79 bits per heavy atom. The summed E-state index contributed by atoms with van der Waals surface area (Å²) in [7, 11) is 0. The van der Waals surface area contributed by atoms with E-state index in [4.69, 9.17) is 9.26 Å². The van der Waals surface area contributed by atoms with E-state index in [1.54, 1.807) is 0 Å². The first-order chi connectivity index (χ1) is 9.07. The molecule has 1 saturated heterocycles. The Hall–Kier alpha value is -0.940. The molecule has 2 rings (SSSR count). The SMILES string of the molecule is CCNC(C)C(C)c1nc(C2(C)CCCCO2)no1. The van der Waals surface area contributed by atoms with Gasteiger partial charge in [0.15, 0.2) is 0 Å². The third-order valence-electron chi connectivity index (χ3n) is 4.05. The van der Waals surface area contributed by atoms with Crippen LogP contribution in [0.15, 0.2) is 4.52 Å². The third kappa shape index (κ3) is 3.15. The predicted molar refractivity (Wildman–Crippen MR) is 73.0 cm³/mol. The zero-order chi connectivity index (χ0) is 13.9. The largest absolute Gasteiger partial charge is 0.367 e. The van der Waals surface area contributed by atoms with E-state index >= 15 is 0 Å². The fourth-order valence-electron chi connectivity index (χ4n) is 2.46. The highest BCUT2D eigenvalue weighted by Crippen LogP contribution is 2.33. The van der Waals surface area contributed by atoms with Crippen molar-refractivity contribution in [3.05, 3.63) is 11.7 Å². The monoisotopic (exact) mass is 267 g/mol. The molecule has 0 radical (unpaired) electrons. The van der Waals surface area contributed by atoms with Gasteiger partial charge in [0.1, 0.15) is 5.60 Å². The van der Waals surface area contributed by atoms with Crippen LogP contribution in [0, 0.1) is 0 Å². The highest BCUT2D eigenvalue weighted by atomic mass is 16.5. The molecule has 1 aromatic heterocycles. The average molecular weight is 267 g/mol. The molecular formula is C14H25N3O2. The molecule has 3 atom stereocenters. The van der Waals surface area contributed by atoms with Crippen LogP contribution in [0.3, 0.4) is 0 Å². The first-order valence-corrected chi connectivity index (χ1v) is 7.28. The Bertz CT molecular complexity index is 399. The smallest absolute Gasteiger partial charge is 0.231 e. The lowest BCUT2D eigenvalue weighted by Crippen LogP contribution is -2.32. The van der Waals surface area contributed by atoms with Crippen LogP contribution in [0.25, 0.3) is 0 Å². The molecule has 1 fully saturated rings. The fourth-order valence-corrected chi connectivity index (χ4v) is 2.46. The van der Waals surface area contributed by atoms with Gasteiger partial charge in [-0.1, -0.05) is 19.0 Å². The molecule has 19 heavy (non-hydrogen) atoms. The molecule has 1 aliphatic heterocycles. The van der Waals surface area contributed by atoms with Gasteiger partial charge in [-0.05, 0) is 39.7 Å². The molecule has 1 N–H and O–H groups in total. The second-order valence-corrected chi connectivity index (χ2v) is 5.63. The number of rotatable bonds is 5. The van der Waals surface area contributed by atoms with Crippen molar-refractivity contribution in [2.24, 2.45) is 0 Å². The third-order valence-corrected chi connectivity index (χ3v) is 4.05. The summed E-state index contributed by atoms with van der Waals surface area (Å²) in [4.78, 5) is 4.57. The molecule has 3 unspecified atom stereocenters. The van der Waals surface area contributed by atoms with Crippen molar-refractivity contribution in [1.82, 2.24) is 15.5 Å². The first-order valence-electron chi connectivity index (χ1n) is 7.28. The van der Waals surface area contributed by atoms with E-state index < -0.39 is 0 Å². The van der Waals surface area contributed by atoms with E-state index in [1.807, 2.05) is 0 Å². The highest BCUT2D eigenvalue weighted by Gasteiger charge is 2.35. The molecule has 1 aromatic rings. The van der Waals surface area contributed by atoms with Crippen LogP contribution in [0.4, 0.5) is 0 Å². The number of aromatic nitrogens is 2. The molecule has 0 saturated carbocycles. The Balaban J connectivity index is 2.09. The van der Waals surface area contributed by atoms with Crippen molar-refractivity contribution in [1.29, 1.82) is 0 Å². The van der Waals surface area contributed by atoms with Gasteiger partial charge in [0.2, 0.25) is 11.7 Å². The van der Waals surface area contributed by atoms with Crippen LogP contribution in [0.2, 0.25) is 0 Å². The lowest BCUT2D eigenvalue weighted by molar-refractivity contribution is -0.0770. The summed E-state index contributed by atoms with van der Waals surface area (Å²) in [6.07, 6.45) is 3.24. The van der Waals surface area contributed by atoms with E-state index in [9.17, 15) is 0 Å². The van der Waals surface area contributed by atoms with Crippen LogP contribution >= 0.6 is 0 Å². The first kappa shape index (κ1) is 14.5. The van der Waals surface area contributed by atoms with Gasteiger partial charge in [-0.15, -0.1) is 0 Å². The molecule has 0 aromatic carbocycles. The number of hydrogen-bond donors (Lipinski definition) is 1. The Morgan fingerprint density at radius 2 is 2.16 bits per heavy atom. The molecule has 1 aliphatic rings. The minimum atomic E-state index is -0.374. The van der Waals surface area contributed by atoms with E-state index in [0.29, 0.717) is 17.8 Å². The van der Waals surface area contributed by atoms with E-state index in [1.165, 1.54) is 0 Å². The van der Waals surface area contributed by atoms with Crippen molar-refractivity contribution < 1.29 is 9.26 Å². The zero-order valence-corrected chi connectivity index (χ0v) is 12.4. The summed E-state index contributed by atoms with van der Waals surface area (Å²) >= 11 is 0. The normalized spacial score (nSPS) is 27.2. The summed E-state index contributed by atoms with van der Waals surface area (Å²) < 4.78 is 11.3. The molecule has 0 amide bonds. The number of nitrogens with zero attached hydrogens (tertiary/aromatic N) is 2. The number of nitrogens with one attached hydrogen (secondary N) is 1. The lowest BCUT2D eigenvalue weighted by Gasteiger charge is -2.30. The topological polar surface area (TPSA) is 60.2 Å². The molecule has 0 spiro atoms. The summed E-state index contributed by atoms with van der Waals surface area (Å²) in [5.41, 5.74) is -0.374. The van der Waals surface area contributed by atoms with Gasteiger partial charge >= 0.3 is 0 Å². The van der Waals surface area contributed by atoms with E-state index in [0.717, 1.165) is 32.4 Å². The van der Waals surface area contributed by atoms with E-state index in [2.05, 4.69) is 43.2 Å².